The van der Waals surface area contributed by atoms with Crippen molar-refractivity contribution in [3.8, 4) is 46.0 Å². The van der Waals surface area contributed by atoms with Crippen LogP contribution in [0.4, 0.5) is 0 Å². The van der Waals surface area contributed by atoms with Gasteiger partial charge in [-0.25, -0.2) is 0 Å². The summed E-state index contributed by atoms with van der Waals surface area (Å²) >= 11 is 0. The molecule has 496 valence electrons. The first-order valence-corrected chi connectivity index (χ1v) is 32.8. The highest BCUT2D eigenvalue weighted by atomic mass is 16.7. The molecule has 16 nitrogen and oxygen atoms in total. The van der Waals surface area contributed by atoms with E-state index in [4.69, 9.17) is 37.2 Å². The molecular weight excluding hydrogens is 1210 g/mol. The smallest absolute Gasteiger partial charge is 0.494 e. The summed E-state index contributed by atoms with van der Waals surface area (Å²) in [6, 6.07) is 41.1. The van der Waals surface area contributed by atoms with E-state index in [1.165, 1.54) is 24.3 Å². The van der Waals surface area contributed by atoms with Crippen molar-refractivity contribution in [1.82, 2.24) is 0 Å². The van der Waals surface area contributed by atoms with E-state index in [0.29, 0.717) is 44.1 Å². The molecule has 4 saturated heterocycles. The van der Waals surface area contributed by atoms with Crippen LogP contribution < -0.4 is 21.9 Å². The van der Waals surface area contributed by atoms with Gasteiger partial charge in [0.2, 0.25) is 0 Å². The Hall–Kier alpha value is -7.90. The molecule has 8 N–H and O–H groups in total. The van der Waals surface area contributed by atoms with E-state index in [9.17, 15) is 40.9 Å². The molecule has 0 aromatic heterocycles. The fraction of sp³-hybridized carbons (Fsp3) is 0.368. The summed E-state index contributed by atoms with van der Waals surface area (Å²) in [5.41, 5.74) is 1.24. The Bertz CT molecular complexity index is 3630. The molecule has 0 amide bonds. The normalized spacial score (nSPS) is 23.2. The Morgan fingerprint density at radius 2 is 0.333 bits per heavy atom. The Kier molecular flexibility index (Phi) is 15.9. The molecule has 0 saturated carbocycles. The molecule has 8 aromatic rings. The number of aromatic hydroxyl groups is 8. The van der Waals surface area contributed by atoms with Gasteiger partial charge in [0, 0.05) is 92.4 Å². The van der Waals surface area contributed by atoms with E-state index >= 15 is 0 Å². The Labute approximate surface area is 563 Å². The summed E-state index contributed by atoms with van der Waals surface area (Å²) in [4.78, 5) is 0. The zero-order valence-electron chi connectivity index (χ0n) is 57.3. The lowest BCUT2D eigenvalue weighted by Crippen LogP contribution is -2.41. The third-order valence-electron chi connectivity index (χ3n) is 22.4. The molecule has 0 atom stereocenters. The van der Waals surface area contributed by atoms with Gasteiger partial charge in [-0.15, -0.1) is 0 Å². The fourth-order valence-electron chi connectivity index (χ4n) is 13.7. The van der Waals surface area contributed by atoms with Gasteiger partial charge in [-0.1, -0.05) is 97.1 Å². The first-order valence-electron chi connectivity index (χ1n) is 32.8. The minimum atomic E-state index is -1.11. The fourth-order valence-corrected chi connectivity index (χ4v) is 13.7. The molecule has 1 aliphatic carbocycles. The van der Waals surface area contributed by atoms with Crippen LogP contribution >= 0.6 is 0 Å². The molecule has 0 spiro atoms. The highest BCUT2D eigenvalue weighted by Gasteiger charge is 2.55. The van der Waals surface area contributed by atoms with Crippen LogP contribution in [0.25, 0.3) is 0 Å². The largest absolute Gasteiger partial charge is 0.507 e. The van der Waals surface area contributed by atoms with Crippen LogP contribution in [0.15, 0.2) is 146 Å². The van der Waals surface area contributed by atoms with Crippen LogP contribution in [0.1, 0.15) is 201 Å². The van der Waals surface area contributed by atoms with E-state index in [-0.39, 0.29) is 90.5 Å². The first kappa shape index (κ1) is 66.7. The van der Waals surface area contributed by atoms with E-state index in [1.54, 1.807) is 24.3 Å². The van der Waals surface area contributed by atoms with Gasteiger partial charge in [0.05, 0.1) is 44.8 Å². The molecule has 0 radical (unpaired) electrons. The molecule has 4 fully saturated rings. The third kappa shape index (κ3) is 11.2. The second kappa shape index (κ2) is 22.9. The second-order valence-corrected chi connectivity index (χ2v) is 30.6. The van der Waals surface area contributed by atoms with E-state index in [0.717, 1.165) is 0 Å². The van der Waals surface area contributed by atoms with Gasteiger partial charge < -0.3 is 78.1 Å². The maximum Gasteiger partial charge on any atom is 0.494 e. The molecule has 8 bridgehead atoms. The van der Waals surface area contributed by atoms with Crippen molar-refractivity contribution in [3.05, 3.63) is 212 Å². The molecule has 13 rings (SSSR count). The first-order chi connectivity index (χ1) is 44.8. The van der Waals surface area contributed by atoms with Gasteiger partial charge in [0.1, 0.15) is 46.0 Å². The van der Waals surface area contributed by atoms with Crippen molar-refractivity contribution >= 4 is 50.3 Å². The summed E-state index contributed by atoms with van der Waals surface area (Å²) in [6.45, 7) is 31.5. The monoisotopic (exact) mass is 1300 g/mol. The van der Waals surface area contributed by atoms with Crippen molar-refractivity contribution < 1.29 is 78.1 Å². The molecule has 0 unspecified atom stereocenters. The van der Waals surface area contributed by atoms with Gasteiger partial charge in [-0.05, 0) is 179 Å². The number of fused-ring (bicyclic) bond motifs is 8. The van der Waals surface area contributed by atoms with Crippen LogP contribution in [0.3, 0.4) is 0 Å². The standard InChI is InChI=1S/C76H84B4O16/c1-69(2)70(3,4)90-77(89-69)45-25-17-41(18-26-45)65-49-33-51(59(83)37-57(49)81)66(42-19-27-46(28-20-42)78-91-71(5,6)72(7,8)92-78)53-35-55(63(87)39-61(53)85)68(44-23-31-48(32-24-44)80-95-75(13,14)76(15,16)96-80)56-36-54(62(86)40-64(56)88)67(52-34-50(65)58(82)38-60(52)84)43-21-29-47(30-22-43)79-93-73(9,10)74(11,12)94-79/h17-40,65-68,81-88H,1-16H3. The van der Waals surface area contributed by atoms with E-state index in [2.05, 4.69) is 0 Å². The molecule has 96 heavy (non-hydrogen) atoms. The average Bonchev–Trinajstić information content (AvgIpc) is 0.932. The van der Waals surface area contributed by atoms with Crippen molar-refractivity contribution in [2.45, 2.75) is 179 Å². The number of benzene rings is 8. The number of rotatable bonds is 8. The maximum atomic E-state index is 12.6. The second-order valence-electron chi connectivity index (χ2n) is 30.6. The van der Waals surface area contributed by atoms with Crippen molar-refractivity contribution in [1.29, 1.82) is 0 Å². The lowest BCUT2D eigenvalue weighted by atomic mass is 9.73. The van der Waals surface area contributed by atoms with Gasteiger partial charge in [0.15, 0.2) is 0 Å². The molecule has 20 heteroatoms. The summed E-state index contributed by atoms with van der Waals surface area (Å²) in [5.74, 6) is -7.36. The molecule has 4 heterocycles. The van der Waals surface area contributed by atoms with E-state index < -0.39 is 97.0 Å². The summed E-state index contributed by atoms with van der Waals surface area (Å²) in [6.07, 6.45) is 0. The summed E-state index contributed by atoms with van der Waals surface area (Å²) < 4.78 is 51.9. The van der Waals surface area contributed by atoms with Crippen LogP contribution in [0.5, 0.6) is 46.0 Å². The van der Waals surface area contributed by atoms with Crippen LogP contribution in [0, 0.1) is 0 Å². The minimum Gasteiger partial charge on any atom is -0.507 e. The van der Waals surface area contributed by atoms with Crippen LogP contribution in [-0.2, 0) is 37.2 Å². The number of hydrogen-bond donors (Lipinski definition) is 8. The number of phenolic OH excluding ortho intramolecular Hbond substituents is 8. The Morgan fingerprint density at radius 1 is 0.208 bits per heavy atom. The quantitative estimate of drug-likeness (QED) is 0.0661. The highest BCUT2D eigenvalue weighted by molar-refractivity contribution is 6.63. The van der Waals surface area contributed by atoms with Crippen molar-refractivity contribution in [3.63, 3.8) is 0 Å². The highest BCUT2D eigenvalue weighted by Crippen LogP contribution is 2.54. The Balaban J connectivity index is 1.08. The van der Waals surface area contributed by atoms with Gasteiger partial charge in [-0.3, -0.25) is 0 Å². The van der Waals surface area contributed by atoms with Gasteiger partial charge in [-0.2, -0.15) is 0 Å². The molecule has 4 aliphatic heterocycles. The molecule has 8 aromatic carbocycles. The van der Waals surface area contributed by atoms with E-state index in [1.807, 2.05) is 208 Å². The predicted octanol–water partition coefficient (Wildman–Crippen LogP) is 11.6. The maximum absolute atomic E-state index is 12.6. The Morgan fingerprint density at radius 3 is 0.458 bits per heavy atom. The number of phenols is 8. The lowest BCUT2D eigenvalue weighted by Gasteiger charge is -2.32. The minimum absolute atomic E-state index is 0.195. The number of hydrogen-bond acceptors (Lipinski definition) is 16. The molecular formula is C76H84B4O16. The molecule has 5 aliphatic rings. The lowest BCUT2D eigenvalue weighted by molar-refractivity contribution is 0.00578. The van der Waals surface area contributed by atoms with Crippen LogP contribution in [0.2, 0.25) is 0 Å². The van der Waals surface area contributed by atoms with Crippen molar-refractivity contribution in [2.24, 2.45) is 0 Å². The zero-order chi connectivity index (χ0) is 69.1. The summed E-state index contributed by atoms with van der Waals surface area (Å²) in [5, 5.41) is 101. The topological polar surface area (TPSA) is 236 Å². The zero-order valence-corrected chi connectivity index (χ0v) is 57.3. The SMILES string of the molecule is CC1(C)OB(c2ccc(C3c4cc(c(O)cc4O)C(c4ccc(B5OC(C)(C)C(C)(C)O5)cc4)c4cc(c(O)cc4O)C(c4ccc(B5OC(C)(C)C(C)(C)O5)cc4)c4cc(c(O)cc4O)C(c4ccc(B5OC(C)(C)C(C)(C)O5)cc4)c4cc3c(O)cc4O)cc2)OC1(C)C. The van der Waals surface area contributed by atoms with Gasteiger partial charge in [0.25, 0.3) is 0 Å². The van der Waals surface area contributed by atoms with Crippen LogP contribution in [-0.4, -0.2) is 114 Å². The van der Waals surface area contributed by atoms with Gasteiger partial charge >= 0.3 is 28.5 Å². The average molecular weight is 1300 g/mol. The predicted molar refractivity (Wildman–Crippen MR) is 371 cm³/mol. The van der Waals surface area contributed by atoms with Crippen molar-refractivity contribution in [2.75, 3.05) is 0 Å². The third-order valence-corrected chi connectivity index (χ3v) is 22.4. The summed E-state index contributed by atoms with van der Waals surface area (Å²) in [7, 11) is -2.99.